The molecule has 0 aromatic rings. The van der Waals surface area contributed by atoms with Gasteiger partial charge in [0.2, 0.25) is 0 Å². The molecule has 0 heterocycles. The summed E-state index contributed by atoms with van der Waals surface area (Å²) >= 11 is 0. The number of aliphatic carboxylic acids is 1. The molecule has 4 heteroatoms. The summed E-state index contributed by atoms with van der Waals surface area (Å²) in [7, 11) is 0. The van der Waals surface area contributed by atoms with Crippen molar-refractivity contribution in [2.75, 3.05) is 0 Å². The zero-order valence-corrected chi connectivity index (χ0v) is 16.4. The first-order chi connectivity index (χ1) is 12.5. The molecule has 2 N–H and O–H groups in total. The molecule has 26 heavy (non-hydrogen) atoms. The third-order valence-electron chi connectivity index (χ3n) is 5.46. The highest BCUT2D eigenvalue weighted by Gasteiger charge is 2.32. The van der Waals surface area contributed by atoms with Gasteiger partial charge in [-0.3, -0.25) is 9.59 Å². The lowest BCUT2D eigenvalue weighted by atomic mass is 9.89. The lowest BCUT2D eigenvalue weighted by molar-refractivity contribution is -0.137. The van der Waals surface area contributed by atoms with E-state index in [1.807, 2.05) is 18.2 Å². The van der Waals surface area contributed by atoms with E-state index in [2.05, 4.69) is 19.9 Å². The Morgan fingerprint density at radius 3 is 2.69 bits per heavy atom. The molecule has 0 saturated heterocycles. The van der Waals surface area contributed by atoms with Crippen molar-refractivity contribution >= 4 is 11.8 Å². The van der Waals surface area contributed by atoms with Crippen molar-refractivity contribution < 1.29 is 19.8 Å². The number of carbonyl (C=O) groups is 2. The van der Waals surface area contributed by atoms with E-state index in [-0.39, 0.29) is 18.3 Å². The molecule has 1 saturated carbocycles. The Balaban J connectivity index is 2.49. The third kappa shape index (κ3) is 8.31. The normalized spacial score (nSPS) is 23.1. The van der Waals surface area contributed by atoms with Crippen molar-refractivity contribution in [1.82, 2.24) is 0 Å². The molecule has 1 aliphatic rings. The van der Waals surface area contributed by atoms with Crippen LogP contribution in [0.4, 0.5) is 0 Å². The maximum Gasteiger partial charge on any atom is 0.303 e. The molecule has 0 aromatic heterocycles. The Hall–Kier alpha value is -1.42. The van der Waals surface area contributed by atoms with Gasteiger partial charge in [-0.05, 0) is 43.9 Å². The number of aliphatic hydroxyl groups is 1. The predicted molar refractivity (Wildman–Crippen MR) is 105 cm³/mol. The van der Waals surface area contributed by atoms with Crippen molar-refractivity contribution in [3.8, 4) is 0 Å². The van der Waals surface area contributed by atoms with E-state index >= 15 is 0 Å². The van der Waals surface area contributed by atoms with Crippen LogP contribution >= 0.6 is 0 Å². The number of allylic oxidation sites excluding steroid dienone is 3. The second-order valence-electron chi connectivity index (χ2n) is 7.45. The summed E-state index contributed by atoms with van der Waals surface area (Å²) in [6.45, 7) is 4.29. The number of aliphatic hydroxyl groups excluding tert-OH is 1. The summed E-state index contributed by atoms with van der Waals surface area (Å²) in [5.41, 5.74) is 0. The van der Waals surface area contributed by atoms with E-state index in [4.69, 9.17) is 5.11 Å². The van der Waals surface area contributed by atoms with E-state index in [1.165, 1.54) is 0 Å². The quantitative estimate of drug-likeness (QED) is 0.359. The van der Waals surface area contributed by atoms with Gasteiger partial charge in [0.05, 0.1) is 6.10 Å². The summed E-state index contributed by atoms with van der Waals surface area (Å²) in [5, 5.41) is 19.1. The minimum atomic E-state index is -0.766. The van der Waals surface area contributed by atoms with Crippen LogP contribution in [0.5, 0.6) is 0 Å². The van der Waals surface area contributed by atoms with Gasteiger partial charge in [0.25, 0.3) is 0 Å². The molecular formula is C22H36O4. The second-order valence-corrected chi connectivity index (χ2v) is 7.45. The van der Waals surface area contributed by atoms with Crippen LogP contribution in [-0.2, 0) is 9.59 Å². The Labute approximate surface area is 158 Å². The standard InChI is InChI=1S/C22H36O4/c1-3-5-10-17(4-2)20(23)15-13-18-14-16-21(24)19(18)11-8-6-7-9-12-22(25)26/h6,8,13,15,17-20,23H,3-5,7,9-12,14,16H2,1-2H3,(H,25,26)/b8-6-,15-13+/t17?,18?,19-,20+/m1/s1. The lowest BCUT2D eigenvalue weighted by Gasteiger charge is -2.19. The Morgan fingerprint density at radius 2 is 2.04 bits per heavy atom. The minimum Gasteiger partial charge on any atom is -0.481 e. The van der Waals surface area contributed by atoms with Crippen LogP contribution in [0.1, 0.15) is 78.1 Å². The Kier molecular flexibility index (Phi) is 11.2. The van der Waals surface area contributed by atoms with Gasteiger partial charge >= 0.3 is 5.97 Å². The zero-order chi connectivity index (χ0) is 19.4. The Bertz CT molecular complexity index is 481. The van der Waals surface area contributed by atoms with Gasteiger partial charge in [0.1, 0.15) is 5.78 Å². The number of hydrogen-bond acceptors (Lipinski definition) is 3. The van der Waals surface area contributed by atoms with E-state index in [0.717, 1.165) is 38.5 Å². The summed E-state index contributed by atoms with van der Waals surface area (Å²) in [6.07, 6.45) is 15.6. The number of carboxylic acids is 1. The summed E-state index contributed by atoms with van der Waals surface area (Å²) in [5.74, 6) is 0.0603. The fourth-order valence-corrected chi connectivity index (χ4v) is 3.70. The van der Waals surface area contributed by atoms with E-state index in [1.54, 1.807) is 0 Å². The molecule has 0 bridgehead atoms. The number of carboxylic acid groups (broad SMARTS) is 1. The van der Waals surface area contributed by atoms with Gasteiger partial charge in [0.15, 0.2) is 0 Å². The largest absolute Gasteiger partial charge is 0.481 e. The zero-order valence-electron chi connectivity index (χ0n) is 16.4. The van der Waals surface area contributed by atoms with Crippen molar-refractivity contribution in [2.45, 2.75) is 84.2 Å². The number of Topliss-reactive ketones (excluding diaryl/α,β-unsaturated/α-hetero) is 1. The lowest BCUT2D eigenvalue weighted by Crippen LogP contribution is -2.18. The monoisotopic (exact) mass is 364 g/mol. The summed E-state index contributed by atoms with van der Waals surface area (Å²) in [6, 6.07) is 0. The van der Waals surface area contributed by atoms with Crippen LogP contribution in [0.25, 0.3) is 0 Å². The molecule has 0 aromatic carbocycles. The number of ketones is 1. The summed E-state index contributed by atoms with van der Waals surface area (Å²) in [4.78, 5) is 22.6. The third-order valence-corrected chi connectivity index (χ3v) is 5.46. The SMILES string of the molecule is CCCCC(CC)[C@@H](O)/C=C/C1CCC(=O)[C@@H]1C/C=C\CCCC(=O)O. The number of unbranched alkanes of at least 4 members (excludes halogenated alkanes) is 2. The van der Waals surface area contributed by atoms with Crippen molar-refractivity contribution in [1.29, 1.82) is 0 Å². The molecule has 0 aliphatic heterocycles. The topological polar surface area (TPSA) is 74.6 Å². The molecule has 4 nitrogen and oxygen atoms in total. The summed E-state index contributed by atoms with van der Waals surface area (Å²) < 4.78 is 0. The molecule has 1 fully saturated rings. The van der Waals surface area contributed by atoms with E-state index < -0.39 is 12.1 Å². The van der Waals surface area contributed by atoms with Crippen LogP contribution in [-0.4, -0.2) is 28.1 Å². The van der Waals surface area contributed by atoms with Gasteiger partial charge in [-0.1, -0.05) is 57.4 Å². The van der Waals surface area contributed by atoms with Crippen molar-refractivity contribution in [3.05, 3.63) is 24.3 Å². The first-order valence-corrected chi connectivity index (χ1v) is 10.2. The highest BCUT2D eigenvalue weighted by atomic mass is 16.4. The van der Waals surface area contributed by atoms with Gasteiger partial charge < -0.3 is 10.2 Å². The smallest absolute Gasteiger partial charge is 0.303 e. The average molecular weight is 365 g/mol. The van der Waals surface area contributed by atoms with Crippen LogP contribution in [0.15, 0.2) is 24.3 Å². The molecule has 0 radical (unpaired) electrons. The molecule has 0 amide bonds. The highest BCUT2D eigenvalue weighted by Crippen LogP contribution is 2.33. The van der Waals surface area contributed by atoms with Crippen LogP contribution in [0, 0.1) is 17.8 Å². The number of rotatable bonds is 13. The average Bonchev–Trinajstić information content (AvgIpc) is 2.96. The second kappa shape index (κ2) is 12.9. The van der Waals surface area contributed by atoms with Gasteiger partial charge in [0, 0.05) is 18.8 Å². The molecule has 0 spiro atoms. The first-order valence-electron chi connectivity index (χ1n) is 10.2. The van der Waals surface area contributed by atoms with Gasteiger partial charge in [-0.25, -0.2) is 0 Å². The van der Waals surface area contributed by atoms with Crippen molar-refractivity contribution in [3.63, 3.8) is 0 Å². The molecular weight excluding hydrogens is 328 g/mol. The predicted octanol–water partition coefficient (Wildman–Crippen LogP) is 4.92. The van der Waals surface area contributed by atoms with Gasteiger partial charge in [-0.15, -0.1) is 0 Å². The van der Waals surface area contributed by atoms with Crippen LogP contribution in [0.3, 0.4) is 0 Å². The van der Waals surface area contributed by atoms with Crippen LogP contribution < -0.4 is 0 Å². The number of hydrogen-bond donors (Lipinski definition) is 2. The van der Waals surface area contributed by atoms with E-state index in [0.29, 0.717) is 31.0 Å². The maximum absolute atomic E-state index is 12.2. The first kappa shape index (κ1) is 22.6. The molecule has 1 aliphatic carbocycles. The number of carbonyl (C=O) groups excluding carboxylic acids is 1. The molecule has 4 atom stereocenters. The van der Waals surface area contributed by atoms with Crippen molar-refractivity contribution in [2.24, 2.45) is 17.8 Å². The molecule has 1 rings (SSSR count). The fraction of sp³-hybridized carbons (Fsp3) is 0.727. The fourth-order valence-electron chi connectivity index (χ4n) is 3.70. The van der Waals surface area contributed by atoms with Gasteiger partial charge in [-0.2, -0.15) is 0 Å². The molecule has 2 unspecified atom stereocenters. The molecule has 148 valence electrons. The maximum atomic E-state index is 12.2. The Morgan fingerprint density at radius 1 is 1.27 bits per heavy atom. The highest BCUT2D eigenvalue weighted by molar-refractivity contribution is 5.83. The van der Waals surface area contributed by atoms with Crippen LogP contribution in [0.2, 0.25) is 0 Å². The minimum absolute atomic E-state index is 0.00453. The van der Waals surface area contributed by atoms with E-state index in [9.17, 15) is 14.7 Å².